The maximum absolute atomic E-state index is 13.1. The van der Waals surface area contributed by atoms with Crippen molar-refractivity contribution in [3.05, 3.63) is 35.6 Å². The summed E-state index contributed by atoms with van der Waals surface area (Å²) in [5.74, 6) is 0.730. The lowest BCUT2D eigenvalue weighted by Crippen LogP contribution is -2.32. The molecule has 118 valence electrons. The zero-order valence-corrected chi connectivity index (χ0v) is 13.6. The number of halogens is 1. The minimum absolute atomic E-state index is 0.142. The van der Waals surface area contributed by atoms with Gasteiger partial charge in [0.05, 0.1) is 0 Å². The summed E-state index contributed by atoms with van der Waals surface area (Å²) < 4.78 is 13.1. The SMILES string of the molecule is CCCCC(NC1CCCC(C)CC1)c1ccc(F)cc1. The first-order valence-electron chi connectivity index (χ1n) is 8.70. The minimum atomic E-state index is -0.142. The van der Waals surface area contributed by atoms with Crippen LogP contribution in [0.4, 0.5) is 4.39 Å². The molecule has 21 heavy (non-hydrogen) atoms. The fraction of sp³-hybridized carbons (Fsp3) is 0.684. The molecular weight excluding hydrogens is 261 g/mol. The molecule has 1 saturated carbocycles. The maximum atomic E-state index is 13.1. The molecule has 0 radical (unpaired) electrons. The van der Waals surface area contributed by atoms with Crippen LogP contribution in [0.3, 0.4) is 0 Å². The van der Waals surface area contributed by atoms with Gasteiger partial charge in [-0.05, 0) is 49.3 Å². The van der Waals surface area contributed by atoms with Gasteiger partial charge < -0.3 is 5.32 Å². The molecule has 0 saturated heterocycles. The Morgan fingerprint density at radius 3 is 2.62 bits per heavy atom. The lowest BCUT2D eigenvalue weighted by molar-refractivity contribution is 0.374. The molecule has 3 atom stereocenters. The average molecular weight is 291 g/mol. The lowest BCUT2D eigenvalue weighted by Gasteiger charge is -2.25. The van der Waals surface area contributed by atoms with Crippen LogP contribution < -0.4 is 5.32 Å². The fourth-order valence-corrected chi connectivity index (χ4v) is 3.39. The van der Waals surface area contributed by atoms with Crippen molar-refractivity contribution in [3.63, 3.8) is 0 Å². The number of nitrogens with one attached hydrogen (secondary N) is 1. The van der Waals surface area contributed by atoms with Crippen LogP contribution in [0.25, 0.3) is 0 Å². The molecule has 0 heterocycles. The first kappa shape index (κ1) is 16.5. The van der Waals surface area contributed by atoms with E-state index in [1.165, 1.54) is 50.5 Å². The predicted molar refractivity (Wildman–Crippen MR) is 87.8 cm³/mol. The second kappa shape index (κ2) is 8.53. The standard InChI is InChI=1S/C19H30FN/c1-3-4-8-19(16-10-12-17(20)13-11-16)21-18-7-5-6-15(2)9-14-18/h10-13,15,18-19,21H,3-9,14H2,1-2H3. The normalized spacial score (nSPS) is 24.5. The molecule has 3 unspecified atom stereocenters. The molecule has 2 rings (SSSR count). The minimum Gasteiger partial charge on any atom is -0.307 e. The van der Waals surface area contributed by atoms with E-state index in [4.69, 9.17) is 0 Å². The molecule has 1 aliphatic rings. The Morgan fingerprint density at radius 2 is 1.90 bits per heavy atom. The molecule has 1 nitrogen and oxygen atoms in total. The average Bonchev–Trinajstić information content (AvgIpc) is 2.69. The van der Waals surface area contributed by atoms with E-state index in [-0.39, 0.29) is 5.82 Å². The second-order valence-electron chi connectivity index (χ2n) is 6.72. The van der Waals surface area contributed by atoms with Crippen LogP contribution in [0.1, 0.15) is 76.8 Å². The van der Waals surface area contributed by atoms with Gasteiger partial charge in [0, 0.05) is 12.1 Å². The molecule has 2 heteroatoms. The summed E-state index contributed by atoms with van der Waals surface area (Å²) in [7, 11) is 0. The van der Waals surface area contributed by atoms with Crippen LogP contribution in [-0.4, -0.2) is 6.04 Å². The maximum Gasteiger partial charge on any atom is 0.123 e. The molecule has 0 amide bonds. The van der Waals surface area contributed by atoms with Crippen molar-refractivity contribution in [3.8, 4) is 0 Å². The van der Waals surface area contributed by atoms with Crippen LogP contribution in [0.5, 0.6) is 0 Å². The third-order valence-electron chi connectivity index (χ3n) is 4.81. The first-order chi connectivity index (χ1) is 10.2. The summed E-state index contributed by atoms with van der Waals surface area (Å²) in [6, 6.07) is 8.08. The highest BCUT2D eigenvalue weighted by Crippen LogP contribution is 2.27. The molecule has 0 aliphatic heterocycles. The quantitative estimate of drug-likeness (QED) is 0.671. The zero-order valence-electron chi connectivity index (χ0n) is 13.6. The zero-order chi connectivity index (χ0) is 15.1. The summed E-state index contributed by atoms with van der Waals surface area (Å²) >= 11 is 0. The van der Waals surface area contributed by atoms with E-state index < -0.39 is 0 Å². The van der Waals surface area contributed by atoms with Gasteiger partial charge in [0.1, 0.15) is 5.82 Å². The Labute approximate surface area is 129 Å². The molecule has 1 aliphatic carbocycles. The number of hydrogen-bond acceptors (Lipinski definition) is 1. The Kier molecular flexibility index (Phi) is 6.69. The van der Waals surface area contributed by atoms with Crippen molar-refractivity contribution < 1.29 is 4.39 Å². The van der Waals surface area contributed by atoms with Gasteiger partial charge in [-0.3, -0.25) is 0 Å². The van der Waals surface area contributed by atoms with E-state index in [1.807, 2.05) is 12.1 Å². The Bertz CT molecular complexity index is 401. The largest absolute Gasteiger partial charge is 0.307 e. The Morgan fingerprint density at radius 1 is 1.14 bits per heavy atom. The van der Waals surface area contributed by atoms with Crippen molar-refractivity contribution in [2.24, 2.45) is 5.92 Å². The highest BCUT2D eigenvalue weighted by molar-refractivity contribution is 5.20. The first-order valence-corrected chi connectivity index (χ1v) is 8.70. The van der Waals surface area contributed by atoms with Crippen LogP contribution in [-0.2, 0) is 0 Å². The van der Waals surface area contributed by atoms with Crippen LogP contribution in [0.15, 0.2) is 24.3 Å². The number of benzene rings is 1. The van der Waals surface area contributed by atoms with Crippen molar-refractivity contribution in [1.29, 1.82) is 0 Å². The summed E-state index contributed by atoms with van der Waals surface area (Å²) in [6.45, 7) is 4.60. The van der Waals surface area contributed by atoms with Crippen LogP contribution >= 0.6 is 0 Å². The second-order valence-corrected chi connectivity index (χ2v) is 6.72. The number of hydrogen-bond donors (Lipinski definition) is 1. The highest BCUT2D eigenvalue weighted by Gasteiger charge is 2.20. The van der Waals surface area contributed by atoms with Crippen molar-refractivity contribution >= 4 is 0 Å². The monoisotopic (exact) mass is 291 g/mol. The topological polar surface area (TPSA) is 12.0 Å². The molecular formula is C19H30FN. The van der Waals surface area contributed by atoms with Crippen molar-refractivity contribution in [1.82, 2.24) is 5.32 Å². The predicted octanol–water partition coefficient (Wildman–Crippen LogP) is 5.62. The molecule has 1 N–H and O–H groups in total. The van der Waals surface area contributed by atoms with Crippen molar-refractivity contribution in [2.75, 3.05) is 0 Å². The third kappa shape index (κ3) is 5.43. The fourth-order valence-electron chi connectivity index (χ4n) is 3.39. The van der Waals surface area contributed by atoms with Gasteiger partial charge >= 0.3 is 0 Å². The van der Waals surface area contributed by atoms with Gasteiger partial charge in [-0.1, -0.05) is 51.7 Å². The third-order valence-corrected chi connectivity index (χ3v) is 4.81. The molecule has 1 fully saturated rings. The number of rotatable bonds is 6. The summed E-state index contributed by atoms with van der Waals surface area (Å²) in [6.07, 6.45) is 10.2. The van der Waals surface area contributed by atoms with Crippen LogP contribution in [0.2, 0.25) is 0 Å². The van der Waals surface area contributed by atoms with E-state index in [0.717, 1.165) is 12.3 Å². The molecule has 1 aromatic carbocycles. The van der Waals surface area contributed by atoms with Gasteiger partial charge in [0.2, 0.25) is 0 Å². The van der Waals surface area contributed by atoms with Gasteiger partial charge in [-0.15, -0.1) is 0 Å². The van der Waals surface area contributed by atoms with E-state index in [2.05, 4.69) is 19.2 Å². The van der Waals surface area contributed by atoms with Gasteiger partial charge in [0.15, 0.2) is 0 Å². The van der Waals surface area contributed by atoms with E-state index >= 15 is 0 Å². The summed E-state index contributed by atoms with van der Waals surface area (Å²) in [5, 5.41) is 3.86. The lowest BCUT2D eigenvalue weighted by atomic mass is 9.98. The van der Waals surface area contributed by atoms with Crippen molar-refractivity contribution in [2.45, 2.75) is 77.3 Å². The van der Waals surface area contributed by atoms with E-state index in [1.54, 1.807) is 12.1 Å². The van der Waals surface area contributed by atoms with Gasteiger partial charge in [-0.25, -0.2) is 4.39 Å². The van der Waals surface area contributed by atoms with E-state index in [0.29, 0.717) is 12.1 Å². The molecule has 0 bridgehead atoms. The summed E-state index contributed by atoms with van der Waals surface area (Å²) in [4.78, 5) is 0. The molecule has 0 spiro atoms. The molecule has 0 aromatic heterocycles. The Balaban J connectivity index is 1.99. The smallest absolute Gasteiger partial charge is 0.123 e. The Hall–Kier alpha value is -0.890. The highest BCUT2D eigenvalue weighted by atomic mass is 19.1. The van der Waals surface area contributed by atoms with E-state index in [9.17, 15) is 4.39 Å². The number of unbranched alkanes of at least 4 members (excludes halogenated alkanes) is 1. The summed E-state index contributed by atoms with van der Waals surface area (Å²) in [5.41, 5.74) is 1.24. The van der Waals surface area contributed by atoms with Gasteiger partial charge in [-0.2, -0.15) is 0 Å². The van der Waals surface area contributed by atoms with Gasteiger partial charge in [0.25, 0.3) is 0 Å². The van der Waals surface area contributed by atoms with Crippen LogP contribution in [0, 0.1) is 11.7 Å². The molecule has 1 aromatic rings.